The van der Waals surface area contributed by atoms with Crippen LogP contribution in [0.4, 0.5) is 11.4 Å². The molecule has 0 saturated carbocycles. The van der Waals surface area contributed by atoms with E-state index >= 15 is 0 Å². The minimum atomic E-state index is 0.909. The summed E-state index contributed by atoms with van der Waals surface area (Å²) < 4.78 is 0. The molecule has 156 valence electrons. The summed E-state index contributed by atoms with van der Waals surface area (Å²) in [6, 6.07) is 20.8. The van der Waals surface area contributed by atoms with Gasteiger partial charge in [-0.25, -0.2) is 0 Å². The first kappa shape index (κ1) is 24.3. The fourth-order valence-electron chi connectivity index (χ4n) is 2.44. The van der Waals surface area contributed by atoms with Gasteiger partial charge in [-0.2, -0.15) is 0 Å². The molecule has 2 rings (SSSR count). The second kappa shape index (κ2) is 14.3. The number of allylic oxidation sites excluding steroid dienone is 3. The Balaban J connectivity index is 0.000000308. The predicted molar refractivity (Wildman–Crippen MR) is 132 cm³/mol. The highest BCUT2D eigenvalue weighted by atomic mass is 15.1. The summed E-state index contributed by atoms with van der Waals surface area (Å²) in [5, 5.41) is 3.30. The number of nitrogens with zero attached hydrogens (tertiary/aromatic N) is 1. The zero-order valence-electron chi connectivity index (χ0n) is 19.1. The molecule has 0 heterocycles. The first-order chi connectivity index (χ1) is 13.9. The summed E-state index contributed by atoms with van der Waals surface area (Å²) in [6.45, 7) is 15.6. The summed E-state index contributed by atoms with van der Waals surface area (Å²) in [5.41, 5.74) is 6.53. The van der Waals surface area contributed by atoms with Crippen LogP contribution >= 0.6 is 0 Å². The van der Waals surface area contributed by atoms with Crippen LogP contribution in [-0.2, 0) is 0 Å². The molecule has 2 aromatic carbocycles. The zero-order chi connectivity index (χ0) is 21.5. The highest BCUT2D eigenvalue weighted by Gasteiger charge is 2.02. The number of rotatable bonds is 8. The van der Waals surface area contributed by atoms with Crippen molar-refractivity contribution in [2.24, 2.45) is 0 Å². The van der Waals surface area contributed by atoms with Gasteiger partial charge in [0.05, 0.1) is 0 Å². The average Bonchev–Trinajstić information content (AvgIpc) is 2.69. The Morgan fingerprint density at radius 1 is 0.655 bits per heavy atom. The smallest absolute Gasteiger partial charge is 0.0371 e. The first-order valence-electron chi connectivity index (χ1n) is 10.4. The molecule has 0 amide bonds. The molecule has 2 nitrogen and oxygen atoms in total. The molecule has 0 aromatic heterocycles. The molecule has 0 bridgehead atoms. The lowest BCUT2D eigenvalue weighted by Gasteiger charge is -2.22. The fourth-order valence-corrected chi connectivity index (χ4v) is 2.44. The Bertz CT molecular complexity index is 739. The maximum absolute atomic E-state index is 3.30. The number of nitrogens with one attached hydrogen (secondary N) is 1. The summed E-state index contributed by atoms with van der Waals surface area (Å²) in [4.78, 5) is 2.38. The van der Waals surface area contributed by atoms with E-state index in [-0.39, 0.29) is 0 Å². The van der Waals surface area contributed by atoms with Crippen LogP contribution < -0.4 is 10.2 Å². The van der Waals surface area contributed by atoms with Crippen molar-refractivity contribution in [1.29, 1.82) is 0 Å². The van der Waals surface area contributed by atoms with Gasteiger partial charge in [-0.3, -0.25) is 0 Å². The minimum absolute atomic E-state index is 0.909. The number of hydrogen-bond acceptors (Lipinski definition) is 2. The van der Waals surface area contributed by atoms with Crippen LogP contribution in [0.2, 0.25) is 0 Å². The molecule has 0 unspecified atom stereocenters. The molecule has 0 radical (unpaired) electrons. The maximum atomic E-state index is 3.30. The quantitative estimate of drug-likeness (QED) is 0.470. The van der Waals surface area contributed by atoms with Crippen molar-refractivity contribution in [3.8, 4) is 0 Å². The lowest BCUT2D eigenvalue weighted by Crippen LogP contribution is -2.23. The largest absolute Gasteiger partial charge is 0.382 e. The summed E-state index contributed by atoms with van der Waals surface area (Å²) in [7, 11) is 0. The third-order valence-corrected chi connectivity index (χ3v) is 4.15. The molecular weight excluding hydrogens is 352 g/mol. The van der Waals surface area contributed by atoms with Gasteiger partial charge in [0.15, 0.2) is 0 Å². The van der Waals surface area contributed by atoms with Gasteiger partial charge in [0, 0.05) is 31.0 Å². The topological polar surface area (TPSA) is 15.3 Å². The molecular formula is C27H38N2. The lowest BCUT2D eigenvalue weighted by atomic mass is 10.2. The van der Waals surface area contributed by atoms with Crippen LogP contribution in [0.15, 0.2) is 95.6 Å². The van der Waals surface area contributed by atoms with Gasteiger partial charge in [0.25, 0.3) is 0 Å². The van der Waals surface area contributed by atoms with Crippen molar-refractivity contribution in [1.82, 2.24) is 0 Å². The molecule has 0 saturated heterocycles. The Labute approximate surface area is 178 Å². The van der Waals surface area contributed by atoms with Crippen molar-refractivity contribution < 1.29 is 0 Å². The summed E-state index contributed by atoms with van der Waals surface area (Å²) >= 11 is 0. The van der Waals surface area contributed by atoms with E-state index in [0.717, 1.165) is 19.6 Å². The first-order valence-corrected chi connectivity index (χ1v) is 10.4. The summed E-state index contributed by atoms with van der Waals surface area (Å²) in [5.74, 6) is 0. The third-order valence-electron chi connectivity index (χ3n) is 4.15. The van der Waals surface area contributed by atoms with Gasteiger partial charge in [0.1, 0.15) is 0 Å². The second-order valence-corrected chi connectivity index (χ2v) is 7.83. The average molecular weight is 391 g/mol. The molecule has 29 heavy (non-hydrogen) atoms. The highest BCUT2D eigenvalue weighted by molar-refractivity contribution is 5.47. The van der Waals surface area contributed by atoms with Crippen LogP contribution in [-0.4, -0.2) is 19.6 Å². The Morgan fingerprint density at radius 3 is 1.55 bits per heavy atom. The Hall–Kier alpha value is -2.74. The molecule has 1 N–H and O–H groups in total. The van der Waals surface area contributed by atoms with E-state index < -0.39 is 0 Å². The number of hydrogen-bond donors (Lipinski definition) is 1. The van der Waals surface area contributed by atoms with E-state index in [1.807, 2.05) is 18.2 Å². The molecule has 0 aliphatic carbocycles. The fraction of sp³-hybridized carbons (Fsp3) is 0.333. The molecule has 0 atom stereocenters. The Morgan fingerprint density at radius 2 is 1.10 bits per heavy atom. The number of anilines is 2. The predicted octanol–water partition coefficient (Wildman–Crippen LogP) is 7.49. The van der Waals surface area contributed by atoms with Gasteiger partial charge in [-0.05, 0) is 65.8 Å². The maximum Gasteiger partial charge on any atom is 0.0371 e. The van der Waals surface area contributed by atoms with Crippen LogP contribution in [0.25, 0.3) is 0 Å². The molecule has 0 aliphatic heterocycles. The monoisotopic (exact) mass is 390 g/mol. The van der Waals surface area contributed by atoms with Crippen LogP contribution in [0.1, 0.15) is 41.5 Å². The van der Waals surface area contributed by atoms with E-state index in [0.29, 0.717) is 0 Å². The lowest BCUT2D eigenvalue weighted by molar-refractivity contribution is 0.941. The second-order valence-electron chi connectivity index (χ2n) is 7.83. The van der Waals surface area contributed by atoms with Crippen molar-refractivity contribution in [3.05, 3.63) is 95.6 Å². The van der Waals surface area contributed by atoms with E-state index in [9.17, 15) is 0 Å². The van der Waals surface area contributed by atoms with Crippen LogP contribution in [0.3, 0.4) is 0 Å². The van der Waals surface area contributed by atoms with Gasteiger partial charge < -0.3 is 10.2 Å². The van der Waals surface area contributed by atoms with E-state index in [1.54, 1.807) is 0 Å². The normalized spacial score (nSPS) is 9.45. The molecule has 2 heteroatoms. The van der Waals surface area contributed by atoms with Crippen molar-refractivity contribution in [3.63, 3.8) is 0 Å². The summed E-state index contributed by atoms with van der Waals surface area (Å²) in [6.07, 6.45) is 6.71. The standard InChI is InChI=1S/C16H23N.C11H15N/c1-14(2)10-12-17(13-11-15(3)4)16-8-6-5-7-9-16;1-10(2)8-9-12-11-6-4-3-5-7-11/h5-11H,12-13H2,1-4H3;3-8,12H,9H2,1-2H3. The van der Waals surface area contributed by atoms with Crippen LogP contribution in [0, 0.1) is 0 Å². The minimum Gasteiger partial charge on any atom is -0.382 e. The zero-order valence-corrected chi connectivity index (χ0v) is 19.1. The van der Waals surface area contributed by atoms with Gasteiger partial charge in [-0.1, -0.05) is 71.3 Å². The van der Waals surface area contributed by atoms with Crippen LogP contribution in [0.5, 0.6) is 0 Å². The van der Waals surface area contributed by atoms with Crippen molar-refractivity contribution in [2.45, 2.75) is 41.5 Å². The number of benzene rings is 2. The molecule has 0 spiro atoms. The van der Waals surface area contributed by atoms with E-state index in [4.69, 9.17) is 0 Å². The Kier molecular flexibility index (Phi) is 12.0. The molecule has 0 aliphatic rings. The van der Waals surface area contributed by atoms with Crippen molar-refractivity contribution in [2.75, 3.05) is 29.9 Å². The van der Waals surface area contributed by atoms with E-state index in [1.165, 1.54) is 28.1 Å². The van der Waals surface area contributed by atoms with Gasteiger partial charge >= 0.3 is 0 Å². The molecule has 0 fully saturated rings. The van der Waals surface area contributed by atoms with Gasteiger partial charge in [-0.15, -0.1) is 0 Å². The third kappa shape index (κ3) is 12.4. The SMILES string of the molecule is CC(C)=CCN(CC=C(C)C)c1ccccc1.CC(C)=CCNc1ccccc1. The van der Waals surface area contributed by atoms with Crippen molar-refractivity contribution >= 4 is 11.4 Å². The molecule has 2 aromatic rings. The highest BCUT2D eigenvalue weighted by Crippen LogP contribution is 2.13. The number of para-hydroxylation sites is 2. The van der Waals surface area contributed by atoms with E-state index in [2.05, 4.69) is 112 Å². The van der Waals surface area contributed by atoms with Gasteiger partial charge in [0.2, 0.25) is 0 Å².